The fourth-order valence-corrected chi connectivity index (χ4v) is 6.49. The van der Waals surface area contributed by atoms with Crippen molar-refractivity contribution in [2.75, 3.05) is 0 Å². The molecule has 0 aliphatic heterocycles. The van der Waals surface area contributed by atoms with Crippen LogP contribution in [-0.4, -0.2) is 13.0 Å². The molecule has 0 aliphatic rings. The topological polar surface area (TPSA) is 57.2 Å². The maximum atomic E-state index is 12.3. The number of hydrogen-bond acceptors (Lipinski definition) is 3. The van der Waals surface area contributed by atoms with Gasteiger partial charge in [-0.15, -0.1) is 0 Å². The van der Waals surface area contributed by atoms with Crippen molar-refractivity contribution >= 4 is 20.9 Å². The van der Waals surface area contributed by atoms with Crippen molar-refractivity contribution < 1.29 is 42.5 Å². The molecule has 2 aromatic carbocycles. The molecule has 0 N–H and O–H groups in total. The van der Waals surface area contributed by atoms with Gasteiger partial charge in [0.25, 0.3) is 0 Å². The largest absolute Gasteiger partial charge is 1.00 e. The number of rotatable bonds is 23. The molecule has 2 rings (SSSR count). The van der Waals surface area contributed by atoms with Crippen molar-refractivity contribution in [1.82, 2.24) is 0 Å². The smallest absolute Gasteiger partial charge is 0.744 e. The molecule has 3 nitrogen and oxygen atoms in total. The van der Waals surface area contributed by atoms with E-state index in [2.05, 4.69) is 19.9 Å². The average molecular weight is 567 g/mol. The van der Waals surface area contributed by atoms with Gasteiger partial charge in [0.1, 0.15) is 10.1 Å². The van der Waals surface area contributed by atoms with E-state index in [0.29, 0.717) is 5.39 Å². The van der Waals surface area contributed by atoms with Crippen molar-refractivity contribution in [2.24, 2.45) is 0 Å². The summed E-state index contributed by atoms with van der Waals surface area (Å²) in [5.41, 5.74) is 1.98. The SMILES string of the molecule is CCCCCCCCCCCCc1cc(S(=O)(=O)[O-])c2c(CCCCCCCCCCCC)cccc2c1.[Na+]. The summed E-state index contributed by atoms with van der Waals surface area (Å²) in [5, 5.41) is 1.55. The van der Waals surface area contributed by atoms with Gasteiger partial charge in [0.05, 0.1) is 4.90 Å². The molecule has 0 amide bonds. The zero-order valence-electron chi connectivity index (χ0n) is 25.6. The number of benzene rings is 2. The minimum absolute atomic E-state index is 0. The van der Waals surface area contributed by atoms with E-state index in [1.165, 1.54) is 103 Å². The third-order valence-electron chi connectivity index (χ3n) is 7.97. The van der Waals surface area contributed by atoms with E-state index in [-0.39, 0.29) is 34.5 Å². The van der Waals surface area contributed by atoms with E-state index < -0.39 is 10.1 Å². The van der Waals surface area contributed by atoms with Gasteiger partial charge in [-0.1, -0.05) is 154 Å². The Hall–Kier alpha value is -0.390. The zero-order valence-corrected chi connectivity index (χ0v) is 28.4. The number of unbranched alkanes of at least 4 members (excludes halogenated alkanes) is 18. The molecule has 0 bridgehead atoms. The summed E-state index contributed by atoms with van der Waals surface area (Å²) >= 11 is 0. The van der Waals surface area contributed by atoms with E-state index in [9.17, 15) is 13.0 Å². The molecule has 0 radical (unpaired) electrons. The van der Waals surface area contributed by atoms with Gasteiger partial charge >= 0.3 is 29.6 Å². The summed E-state index contributed by atoms with van der Waals surface area (Å²) < 4.78 is 36.8. The van der Waals surface area contributed by atoms with E-state index in [1.54, 1.807) is 6.07 Å². The molecule has 0 spiro atoms. The second-order valence-corrected chi connectivity index (χ2v) is 12.8. The molecule has 0 aromatic heterocycles. The first-order valence-electron chi connectivity index (χ1n) is 16.0. The Morgan fingerprint density at radius 1 is 0.590 bits per heavy atom. The third kappa shape index (κ3) is 15.4. The Kier molecular flexibility index (Phi) is 20.9. The normalized spacial score (nSPS) is 11.7. The van der Waals surface area contributed by atoms with E-state index in [4.69, 9.17) is 0 Å². The van der Waals surface area contributed by atoms with E-state index in [0.717, 1.165) is 55.0 Å². The van der Waals surface area contributed by atoms with Gasteiger partial charge in [-0.3, -0.25) is 0 Å². The van der Waals surface area contributed by atoms with E-state index >= 15 is 0 Å². The van der Waals surface area contributed by atoms with Gasteiger partial charge in [0, 0.05) is 5.39 Å². The Bertz CT molecular complexity index is 1000. The van der Waals surface area contributed by atoms with Gasteiger partial charge in [-0.25, -0.2) is 8.42 Å². The van der Waals surface area contributed by atoms with Crippen molar-refractivity contribution in [1.29, 1.82) is 0 Å². The summed E-state index contributed by atoms with van der Waals surface area (Å²) in [5.74, 6) is 0. The summed E-state index contributed by atoms with van der Waals surface area (Å²) in [4.78, 5) is -0.0141. The number of hydrogen-bond donors (Lipinski definition) is 0. The second kappa shape index (κ2) is 22.2. The predicted octanol–water partition coefficient (Wildman–Crippen LogP) is 7.67. The molecule has 0 unspecified atom stereocenters. The molecule has 0 atom stereocenters. The van der Waals surface area contributed by atoms with Crippen LogP contribution in [0.2, 0.25) is 0 Å². The fourth-order valence-electron chi connectivity index (χ4n) is 5.69. The van der Waals surface area contributed by atoms with Crippen molar-refractivity contribution in [3.05, 3.63) is 41.5 Å². The number of fused-ring (bicyclic) bond motifs is 1. The fraction of sp³-hybridized carbons (Fsp3) is 0.706. The molecular formula is C34H55NaO3S. The van der Waals surface area contributed by atoms with Gasteiger partial charge in [0.15, 0.2) is 0 Å². The standard InChI is InChI=1S/C34H56O3S.Na/c1-3-5-7-9-11-13-15-17-19-21-24-30-28-32-27-23-26-31(34(32)33(29-30)38(35,36)37)25-22-20-18-16-14-12-10-8-6-4-2;/h23,26-29H,3-22,24-25H2,1-2H3,(H,35,36,37);/q;+1/p-1. The molecule has 39 heavy (non-hydrogen) atoms. The molecule has 216 valence electrons. The molecule has 0 aliphatic carbocycles. The third-order valence-corrected chi connectivity index (χ3v) is 8.84. The minimum atomic E-state index is -4.53. The van der Waals surface area contributed by atoms with Gasteiger partial charge in [0.2, 0.25) is 0 Å². The van der Waals surface area contributed by atoms with Crippen LogP contribution in [0.5, 0.6) is 0 Å². The molecule has 0 saturated heterocycles. The van der Waals surface area contributed by atoms with Crippen molar-refractivity contribution in [2.45, 2.75) is 160 Å². The average Bonchev–Trinajstić information content (AvgIpc) is 2.89. The van der Waals surface area contributed by atoms with E-state index in [1.807, 2.05) is 18.2 Å². The van der Waals surface area contributed by atoms with Crippen LogP contribution in [-0.2, 0) is 23.0 Å². The summed E-state index contributed by atoms with van der Waals surface area (Å²) in [7, 11) is -4.53. The van der Waals surface area contributed by atoms with Crippen LogP contribution in [0.4, 0.5) is 0 Å². The van der Waals surface area contributed by atoms with Gasteiger partial charge < -0.3 is 4.55 Å². The zero-order chi connectivity index (χ0) is 27.5. The molecule has 0 fully saturated rings. The van der Waals surface area contributed by atoms with Crippen LogP contribution in [0, 0.1) is 0 Å². The van der Waals surface area contributed by atoms with Crippen LogP contribution < -0.4 is 29.6 Å². The Morgan fingerprint density at radius 2 is 1.03 bits per heavy atom. The minimum Gasteiger partial charge on any atom is -0.744 e. The summed E-state index contributed by atoms with van der Waals surface area (Å²) in [6.07, 6.45) is 27.1. The van der Waals surface area contributed by atoms with Crippen molar-refractivity contribution in [3.8, 4) is 0 Å². The summed E-state index contributed by atoms with van der Waals surface area (Å²) in [6, 6.07) is 9.76. The van der Waals surface area contributed by atoms with Crippen molar-refractivity contribution in [3.63, 3.8) is 0 Å². The Labute approximate surface area is 263 Å². The van der Waals surface area contributed by atoms with Gasteiger partial charge in [-0.2, -0.15) is 0 Å². The second-order valence-electron chi connectivity index (χ2n) is 11.4. The monoisotopic (exact) mass is 566 g/mol. The summed E-state index contributed by atoms with van der Waals surface area (Å²) in [6.45, 7) is 4.51. The quantitative estimate of drug-likeness (QED) is 0.0788. The predicted molar refractivity (Wildman–Crippen MR) is 163 cm³/mol. The van der Waals surface area contributed by atoms with Crippen LogP contribution in [0.1, 0.15) is 153 Å². The maximum absolute atomic E-state index is 12.3. The van der Waals surface area contributed by atoms with Crippen LogP contribution in [0.25, 0.3) is 10.8 Å². The first kappa shape index (κ1) is 36.6. The Balaban J connectivity index is 0.00000760. The number of aryl methyl sites for hydroxylation is 2. The van der Waals surface area contributed by atoms with Gasteiger partial charge in [-0.05, 0) is 48.3 Å². The molecule has 0 heterocycles. The molecular weight excluding hydrogens is 511 g/mol. The maximum Gasteiger partial charge on any atom is 1.00 e. The molecule has 2 aromatic rings. The molecule has 0 saturated carbocycles. The van der Waals surface area contributed by atoms with Crippen LogP contribution >= 0.6 is 0 Å². The van der Waals surface area contributed by atoms with Crippen LogP contribution in [0.3, 0.4) is 0 Å². The Morgan fingerprint density at radius 3 is 1.49 bits per heavy atom. The first-order valence-corrected chi connectivity index (χ1v) is 17.4. The van der Waals surface area contributed by atoms with Crippen LogP contribution in [0.15, 0.2) is 35.2 Å². The first-order chi connectivity index (χ1) is 18.5. The molecule has 5 heteroatoms.